The number of rotatable bonds is 8. The van der Waals surface area contributed by atoms with Crippen LogP contribution >= 0.6 is 11.6 Å². The SMILES string of the molecule is CCOC(=O)Cn1c(C)c(/C=N\NC(=O)[C@H]2CCCN2S(=O)(=O)c2ccc(Cl)cc2)c2ccccc21. The molecule has 11 heteroatoms. The average molecular weight is 531 g/mol. The van der Waals surface area contributed by atoms with E-state index in [2.05, 4.69) is 10.5 Å². The number of nitrogens with zero attached hydrogens (tertiary/aromatic N) is 3. The summed E-state index contributed by atoms with van der Waals surface area (Å²) in [4.78, 5) is 25.1. The average Bonchev–Trinajstić information content (AvgIpc) is 3.45. The van der Waals surface area contributed by atoms with E-state index in [0.717, 1.165) is 22.2 Å². The zero-order valence-corrected chi connectivity index (χ0v) is 21.6. The number of aromatic nitrogens is 1. The Balaban J connectivity index is 1.53. The maximum absolute atomic E-state index is 13.1. The topological polar surface area (TPSA) is 110 Å². The van der Waals surface area contributed by atoms with E-state index in [4.69, 9.17) is 16.3 Å². The van der Waals surface area contributed by atoms with Crippen molar-refractivity contribution >= 4 is 50.6 Å². The molecule has 36 heavy (non-hydrogen) atoms. The van der Waals surface area contributed by atoms with Crippen LogP contribution in [-0.2, 0) is 30.9 Å². The fourth-order valence-electron chi connectivity index (χ4n) is 4.43. The molecule has 1 saturated heterocycles. The number of benzene rings is 2. The van der Waals surface area contributed by atoms with Gasteiger partial charge in [0, 0.05) is 33.7 Å². The Labute approximate surface area is 214 Å². The molecule has 3 aromatic rings. The highest BCUT2D eigenvalue weighted by Crippen LogP contribution is 2.27. The minimum absolute atomic E-state index is 0.0555. The number of nitrogens with one attached hydrogen (secondary N) is 1. The Kier molecular flexibility index (Phi) is 7.77. The summed E-state index contributed by atoms with van der Waals surface area (Å²) in [5, 5.41) is 5.43. The zero-order valence-electron chi connectivity index (χ0n) is 20.0. The van der Waals surface area contributed by atoms with Crippen LogP contribution in [0.4, 0.5) is 0 Å². The van der Waals surface area contributed by atoms with Gasteiger partial charge in [-0.05, 0) is 57.0 Å². The molecule has 1 N–H and O–H groups in total. The lowest BCUT2D eigenvalue weighted by Crippen LogP contribution is -2.44. The van der Waals surface area contributed by atoms with Crippen molar-refractivity contribution in [1.82, 2.24) is 14.3 Å². The van der Waals surface area contributed by atoms with Crippen LogP contribution in [0, 0.1) is 6.92 Å². The van der Waals surface area contributed by atoms with Crippen molar-refractivity contribution in [3.05, 3.63) is 64.8 Å². The van der Waals surface area contributed by atoms with E-state index >= 15 is 0 Å². The summed E-state index contributed by atoms with van der Waals surface area (Å²) >= 11 is 5.88. The Morgan fingerprint density at radius 2 is 1.92 bits per heavy atom. The number of carbonyl (C=O) groups excluding carboxylic acids is 2. The molecule has 1 aliphatic rings. The molecule has 1 amide bonds. The van der Waals surface area contributed by atoms with Crippen molar-refractivity contribution in [3.8, 4) is 0 Å². The summed E-state index contributed by atoms with van der Waals surface area (Å²) in [6.45, 7) is 4.21. The Bertz CT molecular complexity index is 1420. The van der Waals surface area contributed by atoms with E-state index < -0.39 is 22.0 Å². The smallest absolute Gasteiger partial charge is 0.325 e. The van der Waals surface area contributed by atoms with E-state index in [-0.39, 0.29) is 24.0 Å². The highest BCUT2D eigenvalue weighted by atomic mass is 35.5. The number of fused-ring (bicyclic) bond motifs is 1. The summed E-state index contributed by atoms with van der Waals surface area (Å²) < 4.78 is 34.4. The lowest BCUT2D eigenvalue weighted by atomic mass is 10.1. The molecule has 1 atom stereocenters. The molecule has 9 nitrogen and oxygen atoms in total. The van der Waals surface area contributed by atoms with E-state index in [0.29, 0.717) is 24.5 Å². The molecule has 2 aromatic carbocycles. The molecule has 0 unspecified atom stereocenters. The van der Waals surface area contributed by atoms with Crippen molar-refractivity contribution in [2.45, 2.75) is 44.2 Å². The second-order valence-electron chi connectivity index (χ2n) is 8.37. The first kappa shape index (κ1) is 25.9. The third kappa shape index (κ3) is 5.16. The number of sulfonamides is 1. The number of hydrogen-bond acceptors (Lipinski definition) is 6. The third-order valence-corrected chi connectivity index (χ3v) is 8.34. The molecule has 0 bridgehead atoms. The lowest BCUT2D eigenvalue weighted by molar-refractivity contribution is -0.143. The summed E-state index contributed by atoms with van der Waals surface area (Å²) in [7, 11) is -3.86. The fraction of sp³-hybridized carbons (Fsp3) is 0.320. The number of para-hydroxylation sites is 1. The maximum atomic E-state index is 13.1. The summed E-state index contributed by atoms with van der Waals surface area (Å²) in [5.41, 5.74) is 4.87. The van der Waals surface area contributed by atoms with Crippen LogP contribution in [0.5, 0.6) is 0 Å². The largest absolute Gasteiger partial charge is 0.465 e. The predicted molar refractivity (Wildman–Crippen MR) is 137 cm³/mol. The minimum atomic E-state index is -3.86. The van der Waals surface area contributed by atoms with E-state index in [1.54, 1.807) is 6.92 Å². The summed E-state index contributed by atoms with van der Waals surface area (Å²) in [6.07, 6.45) is 2.48. The molecule has 2 heterocycles. The standard InChI is InChI=1S/C25H27ClN4O5S/c1-3-35-24(31)16-29-17(2)21(20-7-4-5-8-22(20)29)15-27-28-25(32)23-9-6-14-30(23)36(33,34)19-12-10-18(26)11-13-19/h4-5,7-8,10-13,15,23H,3,6,9,14,16H2,1-2H3,(H,28,32)/b27-15-/t23-/m1/s1. The Morgan fingerprint density at radius 3 is 2.64 bits per heavy atom. The third-order valence-electron chi connectivity index (χ3n) is 6.17. The van der Waals surface area contributed by atoms with E-state index in [9.17, 15) is 18.0 Å². The van der Waals surface area contributed by atoms with Crippen molar-refractivity contribution in [1.29, 1.82) is 0 Å². The summed E-state index contributed by atoms with van der Waals surface area (Å²) in [5.74, 6) is -0.851. The van der Waals surface area contributed by atoms with E-state index in [1.165, 1.54) is 34.8 Å². The van der Waals surface area contributed by atoms with Crippen molar-refractivity contribution in [2.75, 3.05) is 13.2 Å². The van der Waals surface area contributed by atoms with Gasteiger partial charge in [-0.1, -0.05) is 29.8 Å². The molecule has 0 radical (unpaired) electrons. The predicted octanol–water partition coefficient (Wildman–Crippen LogP) is 3.47. The first-order chi connectivity index (χ1) is 17.2. The number of hydrazone groups is 1. The number of amides is 1. The van der Waals surface area contributed by atoms with Crippen molar-refractivity contribution in [3.63, 3.8) is 0 Å². The number of carbonyl (C=O) groups is 2. The van der Waals surface area contributed by atoms with Gasteiger partial charge in [-0.15, -0.1) is 0 Å². The van der Waals surface area contributed by atoms with Gasteiger partial charge >= 0.3 is 5.97 Å². The normalized spacial score (nSPS) is 16.6. The molecule has 1 aliphatic heterocycles. The number of ether oxygens (including phenoxy) is 1. The highest BCUT2D eigenvalue weighted by molar-refractivity contribution is 7.89. The zero-order chi connectivity index (χ0) is 25.9. The van der Waals surface area contributed by atoms with Gasteiger partial charge in [0.25, 0.3) is 5.91 Å². The van der Waals surface area contributed by atoms with Gasteiger partial charge in [0.1, 0.15) is 12.6 Å². The van der Waals surface area contributed by atoms with Crippen LogP contribution < -0.4 is 5.43 Å². The second kappa shape index (κ2) is 10.8. The van der Waals surface area contributed by atoms with Crippen LogP contribution in [0.25, 0.3) is 10.9 Å². The fourth-order valence-corrected chi connectivity index (χ4v) is 6.21. The Hall–Kier alpha value is -3.21. The highest BCUT2D eigenvalue weighted by Gasteiger charge is 2.39. The molecule has 0 spiro atoms. The number of esters is 1. The quantitative estimate of drug-likeness (QED) is 0.272. The first-order valence-corrected chi connectivity index (χ1v) is 13.4. The summed E-state index contributed by atoms with van der Waals surface area (Å²) in [6, 6.07) is 12.6. The van der Waals surface area contributed by atoms with Gasteiger partial charge in [-0.25, -0.2) is 13.8 Å². The molecule has 1 aromatic heterocycles. The monoisotopic (exact) mass is 530 g/mol. The van der Waals surface area contributed by atoms with Crippen LogP contribution in [-0.4, -0.2) is 54.6 Å². The molecule has 0 aliphatic carbocycles. The maximum Gasteiger partial charge on any atom is 0.325 e. The first-order valence-electron chi connectivity index (χ1n) is 11.6. The van der Waals surface area contributed by atoms with Gasteiger partial charge in [0.05, 0.1) is 17.7 Å². The number of hydrogen-bond donors (Lipinski definition) is 1. The van der Waals surface area contributed by atoms with Crippen LogP contribution in [0.1, 0.15) is 31.0 Å². The Morgan fingerprint density at radius 1 is 1.19 bits per heavy atom. The van der Waals surface area contributed by atoms with Gasteiger partial charge in [-0.3, -0.25) is 9.59 Å². The minimum Gasteiger partial charge on any atom is -0.465 e. The van der Waals surface area contributed by atoms with Gasteiger partial charge in [0.15, 0.2) is 0 Å². The van der Waals surface area contributed by atoms with Crippen molar-refractivity contribution < 1.29 is 22.7 Å². The van der Waals surface area contributed by atoms with Crippen LogP contribution in [0.15, 0.2) is 58.5 Å². The molecule has 190 valence electrons. The number of halogens is 1. The van der Waals surface area contributed by atoms with Gasteiger partial charge in [-0.2, -0.15) is 9.41 Å². The van der Waals surface area contributed by atoms with Crippen LogP contribution in [0.3, 0.4) is 0 Å². The van der Waals surface area contributed by atoms with Crippen molar-refractivity contribution in [2.24, 2.45) is 5.10 Å². The molecular weight excluding hydrogens is 504 g/mol. The molecule has 4 rings (SSSR count). The van der Waals surface area contributed by atoms with Gasteiger partial charge in [0.2, 0.25) is 10.0 Å². The molecule has 1 fully saturated rings. The van der Waals surface area contributed by atoms with Gasteiger partial charge < -0.3 is 9.30 Å². The molecular formula is C25H27ClN4O5S. The second-order valence-corrected chi connectivity index (χ2v) is 10.7. The lowest BCUT2D eigenvalue weighted by Gasteiger charge is -2.22. The van der Waals surface area contributed by atoms with E-state index in [1.807, 2.05) is 35.8 Å². The molecule has 0 saturated carbocycles. The van der Waals surface area contributed by atoms with Crippen LogP contribution in [0.2, 0.25) is 5.02 Å².